The first kappa shape index (κ1) is 11.2. The number of rotatable bonds is 2. The average Bonchev–Trinajstić information content (AvgIpc) is 2.58. The maximum atomic E-state index is 11.8. The second kappa shape index (κ2) is 4.29. The van der Waals surface area contributed by atoms with Crippen LogP contribution in [0.5, 0.6) is 0 Å². The molecule has 1 rings (SSSR count). The fourth-order valence-electron chi connectivity index (χ4n) is 1.55. The van der Waals surface area contributed by atoms with Crippen LogP contribution in [-0.4, -0.2) is 52.9 Å². The number of aliphatic carboxylic acids is 1. The number of carbonyl (C=O) groups excluding carboxylic acids is 1. The van der Waals surface area contributed by atoms with Gasteiger partial charge in [0.2, 0.25) is 1.43 Å². The molecule has 1 fully saturated rings. The normalized spacial score (nSPS) is 26.4. The van der Waals surface area contributed by atoms with Crippen molar-refractivity contribution < 1.29 is 24.5 Å². The number of hydrogen-bond donors (Lipinski definition) is 2. The smallest absolute Gasteiger partial charge is 0.411 e. The van der Waals surface area contributed by atoms with E-state index in [-0.39, 0.29) is 13.0 Å². The van der Waals surface area contributed by atoms with E-state index >= 15 is 0 Å². The minimum atomic E-state index is -1.12. The molecule has 6 heteroatoms. The van der Waals surface area contributed by atoms with Gasteiger partial charge in [-0.15, -0.1) is 0 Å². The minimum absolute atomic E-state index is 0.0649. The summed E-state index contributed by atoms with van der Waals surface area (Å²) in [6.07, 6.45) is -1.16. The highest BCUT2D eigenvalue weighted by atomic mass is 16.6. The summed E-state index contributed by atoms with van der Waals surface area (Å²) in [5.74, 6) is -1.12. The summed E-state index contributed by atoms with van der Waals surface area (Å²) in [5.41, 5.74) is -0.681. The third kappa shape index (κ3) is 3.10. The second-order valence-corrected chi connectivity index (χ2v) is 4.84. The molecule has 2 atom stereocenters. The van der Waals surface area contributed by atoms with Crippen molar-refractivity contribution in [1.82, 2.24) is 4.90 Å². The molecule has 0 aromatic carbocycles. The largest absolute Gasteiger partial charge is 0.480 e. The van der Waals surface area contributed by atoms with Crippen LogP contribution in [0.4, 0.5) is 4.79 Å². The first-order valence-electron chi connectivity index (χ1n) is 5.50. The molecular weight excluding hydrogens is 214 g/mol. The number of amides is 1. The van der Waals surface area contributed by atoms with E-state index in [0.717, 1.165) is 4.90 Å². The zero-order valence-electron chi connectivity index (χ0n) is 10.6. The van der Waals surface area contributed by atoms with Gasteiger partial charge in [0.1, 0.15) is 11.6 Å². The Morgan fingerprint density at radius 2 is 2.12 bits per heavy atom. The number of aliphatic hydroxyl groups excluding tert-OH is 1. The van der Waals surface area contributed by atoms with Crippen molar-refractivity contribution in [3.8, 4) is 0 Å². The molecule has 2 N–H and O–H groups in total. The Balaban J connectivity index is 2.73. The van der Waals surface area contributed by atoms with E-state index in [4.69, 9.17) is 11.3 Å². The topological polar surface area (TPSA) is 87.1 Å². The number of β-amino-alcohol motifs (C(OH)–C–C–N with tert-alkyl or cyclic N) is 1. The van der Waals surface area contributed by atoms with Crippen LogP contribution in [0, 0.1) is 0 Å². The monoisotopic (exact) mass is 232 g/mol. The summed E-state index contributed by atoms with van der Waals surface area (Å²) < 4.78 is 11.9. The first-order chi connectivity index (χ1) is 7.74. The van der Waals surface area contributed by atoms with Crippen molar-refractivity contribution in [3.63, 3.8) is 0 Å². The predicted octanol–water partition coefficient (Wildman–Crippen LogP) is 0.441. The van der Waals surface area contributed by atoms with Crippen molar-refractivity contribution in [3.05, 3.63) is 0 Å². The van der Waals surface area contributed by atoms with E-state index in [1.165, 1.54) is 0 Å². The Kier molecular flexibility index (Phi) is 3.00. The fourth-order valence-corrected chi connectivity index (χ4v) is 1.55. The van der Waals surface area contributed by atoms with E-state index in [0.29, 0.717) is 0 Å². The molecule has 1 aliphatic rings. The van der Waals surface area contributed by atoms with Crippen LogP contribution in [0.2, 0.25) is 0 Å². The Labute approximate surface area is 95.3 Å². The summed E-state index contributed by atoms with van der Waals surface area (Å²) >= 11 is 0. The molecule has 92 valence electrons. The van der Waals surface area contributed by atoms with Gasteiger partial charge in [0.25, 0.3) is 0 Å². The molecule has 0 bridgehead atoms. The van der Waals surface area contributed by atoms with Crippen LogP contribution < -0.4 is 0 Å². The molecule has 0 aliphatic carbocycles. The Morgan fingerprint density at radius 1 is 1.50 bits per heavy atom. The van der Waals surface area contributed by atoms with Gasteiger partial charge in [-0.1, -0.05) is 0 Å². The van der Waals surface area contributed by atoms with Crippen molar-refractivity contribution in [1.29, 1.82) is 1.43 Å². The third-order valence-electron chi connectivity index (χ3n) is 2.18. The summed E-state index contributed by atoms with van der Waals surface area (Å²) in [7, 11) is 0. The van der Waals surface area contributed by atoms with Crippen LogP contribution in [0.15, 0.2) is 0 Å². The average molecular weight is 232 g/mol. The summed E-state index contributed by atoms with van der Waals surface area (Å²) in [6, 6.07) is -0.986. The lowest BCUT2D eigenvalue weighted by atomic mass is 10.2. The van der Waals surface area contributed by atoms with Gasteiger partial charge < -0.3 is 15.0 Å². The first-order valence-corrected chi connectivity index (χ1v) is 5.09. The van der Waals surface area contributed by atoms with Crippen molar-refractivity contribution in [2.24, 2.45) is 0 Å². The maximum absolute atomic E-state index is 11.8. The van der Waals surface area contributed by atoms with E-state index < -0.39 is 29.8 Å². The number of nitrogens with zero attached hydrogens (tertiary/aromatic N) is 1. The van der Waals surface area contributed by atoms with Crippen LogP contribution in [-0.2, 0) is 9.53 Å². The molecule has 0 saturated carbocycles. The lowest BCUT2D eigenvalue weighted by Gasteiger charge is -2.26. The summed E-state index contributed by atoms with van der Waals surface area (Å²) in [6.45, 7) is 5.18. The number of ether oxygens (including phenoxy) is 1. The maximum Gasteiger partial charge on any atom is 0.411 e. The van der Waals surface area contributed by atoms with Crippen LogP contribution in [0.3, 0.4) is 0 Å². The highest BCUT2D eigenvalue weighted by Crippen LogP contribution is 2.21. The molecule has 1 amide bonds. The third-order valence-corrected chi connectivity index (χ3v) is 2.18. The molecule has 0 aromatic heterocycles. The van der Waals surface area contributed by atoms with E-state index in [1.54, 1.807) is 20.8 Å². The zero-order chi connectivity index (χ0) is 13.2. The molecule has 1 saturated heterocycles. The number of hydrogen-bond acceptors (Lipinski definition) is 4. The van der Waals surface area contributed by atoms with E-state index in [9.17, 15) is 9.59 Å². The van der Waals surface area contributed by atoms with Gasteiger partial charge in [0.15, 0.2) is 0 Å². The number of carboxylic acids is 1. The Hall–Kier alpha value is -1.30. The van der Waals surface area contributed by atoms with Crippen LogP contribution in [0.25, 0.3) is 0 Å². The molecule has 1 unspecified atom stereocenters. The summed E-state index contributed by atoms with van der Waals surface area (Å²) in [4.78, 5) is 23.8. The van der Waals surface area contributed by atoms with Crippen LogP contribution in [0.1, 0.15) is 27.2 Å². The number of aliphatic hydroxyl groups is 1. The Morgan fingerprint density at radius 3 is 2.56 bits per heavy atom. The molecule has 0 radical (unpaired) electrons. The lowest BCUT2D eigenvalue weighted by molar-refractivity contribution is -0.142. The molecule has 0 aromatic rings. The number of likely N-dealkylation sites (tertiary alicyclic amines) is 1. The van der Waals surface area contributed by atoms with Gasteiger partial charge in [-0.05, 0) is 20.8 Å². The van der Waals surface area contributed by atoms with Crippen molar-refractivity contribution in [2.45, 2.75) is 44.9 Å². The van der Waals surface area contributed by atoms with Crippen molar-refractivity contribution in [2.75, 3.05) is 6.54 Å². The molecule has 1 aliphatic heterocycles. The van der Waals surface area contributed by atoms with Gasteiger partial charge in [-0.3, -0.25) is 4.90 Å². The van der Waals surface area contributed by atoms with Gasteiger partial charge in [-0.2, -0.15) is 0 Å². The highest BCUT2D eigenvalue weighted by molar-refractivity contribution is 5.81. The number of carbonyl (C=O) groups is 2. The highest BCUT2D eigenvalue weighted by Gasteiger charge is 2.40. The molecule has 6 nitrogen and oxygen atoms in total. The second-order valence-electron chi connectivity index (χ2n) is 4.84. The fraction of sp³-hybridized carbons (Fsp3) is 0.800. The van der Waals surface area contributed by atoms with Gasteiger partial charge in [0, 0.05) is 6.42 Å². The molecule has 0 spiro atoms. The van der Waals surface area contributed by atoms with Gasteiger partial charge in [0.05, 0.1) is 12.6 Å². The number of carboxylic acid groups (broad SMARTS) is 1. The summed E-state index contributed by atoms with van der Waals surface area (Å²) in [5, 5.41) is 13.3. The Bertz CT molecular complexity index is 314. The van der Waals surface area contributed by atoms with E-state index in [2.05, 4.69) is 5.11 Å². The minimum Gasteiger partial charge on any atom is -0.480 e. The predicted molar refractivity (Wildman–Crippen MR) is 55.0 cm³/mol. The molecule has 16 heavy (non-hydrogen) atoms. The quantitative estimate of drug-likeness (QED) is 0.721. The SMILES string of the molecule is [2H]OC1C[C@@H](C(=O)O)N(C(=O)OC(C)(C)C)C1. The zero-order valence-corrected chi connectivity index (χ0v) is 9.60. The van der Waals surface area contributed by atoms with Gasteiger partial charge in [-0.25, -0.2) is 9.59 Å². The standard InChI is InChI=1S/C10H17NO5/c1-10(2,3)16-9(15)11-5-6(12)4-7(11)8(13)14/h6-7,12H,4-5H2,1-3H3,(H,13,14)/t6?,7-/m0/s1/i12D. The van der Waals surface area contributed by atoms with Crippen LogP contribution >= 0.6 is 0 Å². The molecule has 1 heterocycles. The lowest BCUT2D eigenvalue weighted by Crippen LogP contribution is -2.43. The molecular formula is C10H17NO5. The van der Waals surface area contributed by atoms with Gasteiger partial charge >= 0.3 is 12.1 Å². The van der Waals surface area contributed by atoms with E-state index in [1.807, 2.05) is 0 Å². The van der Waals surface area contributed by atoms with Crippen molar-refractivity contribution >= 4 is 12.1 Å².